The Morgan fingerprint density at radius 3 is 0.741 bits per heavy atom. The number of aromatic hydroxyl groups is 2. The van der Waals surface area contributed by atoms with Crippen LogP contribution in [-0.2, 0) is 109 Å². The van der Waals surface area contributed by atoms with Crippen LogP contribution in [0.5, 0.6) is 11.5 Å². The van der Waals surface area contributed by atoms with Gasteiger partial charge in [-0.15, -0.1) is 0 Å². The van der Waals surface area contributed by atoms with E-state index in [9.17, 15) is 128 Å². The number of aliphatic carboxylic acids is 6. The van der Waals surface area contributed by atoms with Crippen molar-refractivity contribution in [3.8, 4) is 11.5 Å². The molecule has 0 aliphatic carbocycles. The van der Waals surface area contributed by atoms with E-state index in [1.807, 2.05) is 27.7 Å². The smallest absolute Gasteiger partial charge is 0.307 e. The fraction of sp³-hybridized carbons (Fsp3) is 0.347. The van der Waals surface area contributed by atoms with Crippen LogP contribution in [0.3, 0.4) is 0 Å². The highest BCUT2D eigenvalue weighted by atomic mass is 19.2. The van der Waals surface area contributed by atoms with Gasteiger partial charge in [0.15, 0.2) is 40.6 Å². The highest BCUT2D eigenvalue weighted by Crippen LogP contribution is 2.27. The van der Waals surface area contributed by atoms with Gasteiger partial charge in [0.25, 0.3) is 0 Å². The second-order valence-corrected chi connectivity index (χ2v) is 33.4. The second kappa shape index (κ2) is 57.9. The van der Waals surface area contributed by atoms with Crippen LogP contribution < -0.4 is 34.4 Å². The van der Waals surface area contributed by atoms with Gasteiger partial charge in [0.05, 0.1) is 71.8 Å². The summed E-state index contributed by atoms with van der Waals surface area (Å²) in [4.78, 5) is 140. The zero-order valence-corrected chi connectivity index (χ0v) is 75.1. The minimum Gasteiger partial charge on any atom is -0.508 e. The number of carbonyl (C=O) groups is 12. The molecule has 0 saturated heterocycles. The van der Waals surface area contributed by atoms with E-state index in [1.165, 1.54) is 116 Å². The average molecular weight is 1890 g/mol. The van der Waals surface area contributed by atoms with Crippen LogP contribution in [-0.4, -0.2) is 142 Å². The van der Waals surface area contributed by atoms with Crippen molar-refractivity contribution in [2.24, 2.45) is 81.7 Å². The Morgan fingerprint density at radius 1 is 0.252 bits per heavy atom. The molecular weight excluding hydrogens is 1770 g/mol. The van der Waals surface area contributed by atoms with Gasteiger partial charge in [-0.1, -0.05) is 167 Å². The molecule has 0 aliphatic rings. The molecular formula is C101H116F8N6O20. The Morgan fingerprint density at radius 2 is 0.489 bits per heavy atom. The van der Waals surface area contributed by atoms with Gasteiger partial charge in [-0.05, 0) is 206 Å². The number of halogens is 8. The van der Waals surface area contributed by atoms with Crippen LogP contribution in [0.2, 0.25) is 0 Å². The van der Waals surface area contributed by atoms with Gasteiger partial charge < -0.3 is 75.3 Å². The molecule has 9 aromatic rings. The van der Waals surface area contributed by atoms with Gasteiger partial charge in [0.2, 0.25) is 0 Å². The Balaban J connectivity index is 0.000000340. The summed E-state index contributed by atoms with van der Waals surface area (Å²) in [5.41, 5.74) is 38.4. The maximum absolute atomic E-state index is 13.7. The molecule has 0 aliphatic heterocycles. The number of hydrogen-bond donors (Lipinski definition) is 14. The summed E-state index contributed by atoms with van der Waals surface area (Å²) in [6.45, 7) is 9.24. The molecule has 20 N–H and O–H groups in total. The number of carboxylic acids is 6. The normalized spacial score (nSPS) is 13.5. The van der Waals surface area contributed by atoms with E-state index in [0.717, 1.165) is 35.4 Å². The zero-order valence-electron chi connectivity index (χ0n) is 75.1. The minimum atomic E-state index is -1.21. The molecule has 0 aromatic heterocycles. The third kappa shape index (κ3) is 42.2. The van der Waals surface area contributed by atoms with Gasteiger partial charge in [-0.3, -0.25) is 57.5 Å². The lowest BCUT2D eigenvalue weighted by molar-refractivity contribution is -0.144. The number of hydrogen-bond acceptors (Lipinski definition) is 20. The standard InChI is InChI=1S/C19H19F2NO4.C19H20FNO4.C18H18FNO3.C16H21F2NO3.C16H22FNO3.C13H16FNO3/c20-15-6-3-12(8-16(15)21)7-13(19(25)26)10-18(24)17(22)9-11-1-4-14(23)5-2-11;20-16-4-2-1-3-13(16)10-14(19(24)25)11-18(23)17(21)9-12-5-7-15(22)8-6-12;19-15-9-5-4-8-13(15)10-14(18(22)23)11-16(21)17(20)12-6-2-1-3-7-12;1-9(2)5-14(19)15(20)8-11(16(21)22)6-10-3-4-12(17)13(18)7-10;1-10(2)7-14(18)15(19)9-12(16(20)21)8-11-5-3-4-6-13(11)17;1-8(15)12(16)7-10(13(17)18)6-9-4-2-3-5-11(9)14/h1-6,8,13,17,23H,7,9-10,22H2,(H,25,26);1-8,14,17,22H,9-11,21H2,(H,24,25);1-9,14,17H,10-11,20H2,(H,22,23);3-4,7,9,11,14H,5-6,8,19H2,1-2H3,(H,21,22);3-6,10,12,14H,7-9,18H2,1-2H3,(H,20,21);2-5,8,10H,6-7,15H2,1H3,(H,17,18)/t13?,17-;2*14?,17-;11?,14-;12?,14-;8-,10?/m000001/s1. The molecule has 6 unspecified atom stereocenters. The molecule has 12 atom stereocenters. The molecule has 0 heterocycles. The quantitative estimate of drug-likeness (QED) is 0.0158. The van der Waals surface area contributed by atoms with Gasteiger partial charge >= 0.3 is 35.8 Å². The lowest BCUT2D eigenvalue weighted by atomic mass is 9.90. The van der Waals surface area contributed by atoms with Crippen LogP contribution in [0.1, 0.15) is 142 Å². The summed E-state index contributed by atoms with van der Waals surface area (Å²) < 4.78 is 107. The van der Waals surface area contributed by atoms with Crippen molar-refractivity contribution >= 4 is 70.5 Å². The highest BCUT2D eigenvalue weighted by molar-refractivity contribution is 5.91. The van der Waals surface area contributed by atoms with Gasteiger partial charge in [-0.25, -0.2) is 35.1 Å². The number of ketones is 6. The topological polar surface area (TPSA) is 523 Å². The number of carboxylic acid groups (broad SMARTS) is 6. The predicted octanol–water partition coefficient (Wildman–Crippen LogP) is 13.8. The number of carbonyl (C=O) groups excluding carboxylic acids is 6. The maximum Gasteiger partial charge on any atom is 0.307 e. The summed E-state index contributed by atoms with van der Waals surface area (Å²) in [6.07, 6.45) is -0.227. The maximum atomic E-state index is 13.7. The fourth-order valence-corrected chi connectivity index (χ4v) is 13.6. The monoisotopic (exact) mass is 1880 g/mol. The first kappa shape index (κ1) is 114. The van der Waals surface area contributed by atoms with Crippen LogP contribution in [0.15, 0.2) is 212 Å². The third-order valence-corrected chi connectivity index (χ3v) is 21.3. The van der Waals surface area contributed by atoms with Crippen molar-refractivity contribution in [3.63, 3.8) is 0 Å². The fourth-order valence-electron chi connectivity index (χ4n) is 13.6. The van der Waals surface area contributed by atoms with E-state index < -0.39 is 166 Å². The third-order valence-electron chi connectivity index (χ3n) is 21.3. The lowest BCUT2D eigenvalue weighted by Crippen LogP contribution is -2.35. The van der Waals surface area contributed by atoms with Crippen molar-refractivity contribution in [3.05, 3.63) is 309 Å². The van der Waals surface area contributed by atoms with Crippen LogP contribution in [0, 0.1) is 93.9 Å². The van der Waals surface area contributed by atoms with E-state index in [2.05, 4.69) is 0 Å². The van der Waals surface area contributed by atoms with E-state index in [4.69, 9.17) is 39.5 Å². The first-order valence-corrected chi connectivity index (χ1v) is 43.0. The van der Waals surface area contributed by atoms with Crippen LogP contribution >= 0.6 is 0 Å². The number of rotatable bonds is 45. The SMILES string of the molecule is CC(C)C[C@H](N)C(=O)CC(Cc1ccc(F)c(F)c1)C(=O)O.CC(C)C[C@H](N)C(=O)CC(Cc1ccccc1F)C(=O)O.C[C@@H](N)C(=O)CC(Cc1ccccc1F)C(=O)O.N[C@@H](Cc1ccc(O)cc1)C(=O)CC(Cc1ccc(F)c(F)c1)C(=O)O.N[C@@H](Cc1ccc(O)cc1)C(=O)CC(Cc1ccccc1F)C(=O)O.N[C@H](C(=O)CC(Cc1ccccc1F)C(=O)O)c1ccccc1. The van der Waals surface area contributed by atoms with E-state index >= 15 is 0 Å². The molecule has 34 heteroatoms. The number of benzene rings is 9. The van der Waals surface area contributed by atoms with Crippen molar-refractivity contribution in [1.82, 2.24) is 0 Å². The van der Waals surface area contributed by atoms with E-state index in [-0.39, 0.29) is 153 Å². The molecule has 0 spiro atoms. The van der Waals surface area contributed by atoms with Gasteiger partial charge in [0, 0.05) is 38.5 Å². The molecule has 26 nitrogen and oxygen atoms in total. The Bertz CT molecular complexity index is 5400. The van der Waals surface area contributed by atoms with Crippen LogP contribution in [0.25, 0.3) is 0 Å². The predicted molar refractivity (Wildman–Crippen MR) is 486 cm³/mol. The molecule has 135 heavy (non-hydrogen) atoms. The first-order valence-electron chi connectivity index (χ1n) is 43.0. The number of phenolic OH excluding ortho intramolecular Hbond substituents is 2. The first-order chi connectivity index (χ1) is 63.5. The Kier molecular flexibility index (Phi) is 48.9. The summed E-state index contributed by atoms with van der Waals surface area (Å²) in [7, 11) is 0. The van der Waals surface area contributed by atoms with E-state index in [0.29, 0.717) is 35.1 Å². The molecule has 0 radical (unpaired) electrons. The zero-order chi connectivity index (χ0) is 101. The summed E-state index contributed by atoms with van der Waals surface area (Å²) in [5.74, 6) is -20.4. The molecule has 0 fully saturated rings. The molecule has 0 saturated carbocycles. The van der Waals surface area contributed by atoms with Crippen LogP contribution in [0.4, 0.5) is 35.1 Å². The highest BCUT2D eigenvalue weighted by Gasteiger charge is 2.33. The van der Waals surface area contributed by atoms with E-state index in [1.54, 1.807) is 78.9 Å². The average Bonchev–Trinajstić information content (AvgIpc) is 0.870. The lowest BCUT2D eigenvalue weighted by Gasteiger charge is -2.17. The van der Waals surface area contributed by atoms with Crippen molar-refractivity contribution < 1.29 is 134 Å². The molecule has 9 aromatic carbocycles. The molecule has 9 rings (SSSR count). The number of Topliss-reactive ketones (excluding diaryl/α,β-unsaturated/α-hetero) is 6. The summed E-state index contributed by atoms with van der Waals surface area (Å²) in [6, 6.07) is 46.7. The van der Waals surface area contributed by atoms with Gasteiger partial charge in [0.1, 0.15) is 52.1 Å². The minimum absolute atomic E-state index is 0.0118. The van der Waals surface area contributed by atoms with Gasteiger partial charge in [-0.2, -0.15) is 0 Å². The second-order valence-electron chi connectivity index (χ2n) is 33.4. The molecule has 726 valence electrons. The van der Waals surface area contributed by atoms with Crippen molar-refractivity contribution in [2.45, 2.75) is 174 Å². The number of nitrogens with two attached hydrogens (primary N) is 6. The Hall–Kier alpha value is -13.4. The Labute approximate surface area is 776 Å². The molecule has 0 amide bonds. The number of phenols is 2. The van der Waals surface area contributed by atoms with Crippen molar-refractivity contribution in [2.75, 3.05) is 0 Å². The summed E-state index contributed by atoms with van der Waals surface area (Å²) in [5, 5.41) is 73.9. The summed E-state index contributed by atoms with van der Waals surface area (Å²) >= 11 is 0. The largest absolute Gasteiger partial charge is 0.508 e. The van der Waals surface area contributed by atoms with Crippen molar-refractivity contribution in [1.29, 1.82) is 0 Å². The molecule has 0 bridgehead atoms.